The Morgan fingerprint density at radius 1 is 0.585 bits per heavy atom. The smallest absolute Gasteiger partial charge is 0.328 e. The Morgan fingerprint density at radius 3 is 1.72 bits per heavy atom. The van der Waals surface area contributed by atoms with Gasteiger partial charge in [0.05, 0.1) is 13.2 Å². The fourth-order valence-corrected chi connectivity index (χ4v) is 5.58. The van der Waals surface area contributed by atoms with Crippen LogP contribution in [0.4, 0.5) is 0 Å². The normalized spacial score (nSPS) is 13.1. The molecule has 4 N–H and O–H groups in total. The Morgan fingerprint density at radius 2 is 1.11 bits per heavy atom. The van der Waals surface area contributed by atoms with Crippen LogP contribution < -0.4 is 10.6 Å². The first-order valence-corrected chi connectivity index (χ1v) is 20.7. The Hall–Kier alpha value is -3.46. The molecule has 302 valence electrons. The highest BCUT2D eigenvalue weighted by atomic mass is 16.5. The molecule has 0 fully saturated rings. The summed E-state index contributed by atoms with van der Waals surface area (Å²) < 4.78 is 5.97. The number of aliphatic hydroxyl groups excluding tert-OH is 1. The maximum absolute atomic E-state index is 12.7. The number of ether oxygens (including phenoxy) is 1. The molecule has 0 aromatic rings. The molecule has 0 rings (SSSR count). The van der Waals surface area contributed by atoms with Gasteiger partial charge in [-0.05, 0) is 89.9 Å². The number of amides is 2. The largest absolute Gasteiger partial charge is 0.480 e. The number of rotatable bonds is 36. The number of aliphatic hydroxyl groups is 1. The Kier molecular flexibility index (Phi) is 35.8. The first-order valence-electron chi connectivity index (χ1n) is 20.7. The number of hydrogen-bond donors (Lipinski definition) is 4. The van der Waals surface area contributed by atoms with Crippen LogP contribution in [-0.2, 0) is 23.9 Å². The third-order valence-corrected chi connectivity index (χ3v) is 8.76. The van der Waals surface area contributed by atoms with Crippen LogP contribution in [-0.4, -0.2) is 59.3 Å². The van der Waals surface area contributed by atoms with Crippen molar-refractivity contribution < 1.29 is 34.1 Å². The van der Waals surface area contributed by atoms with Crippen LogP contribution in [0.1, 0.15) is 168 Å². The number of aliphatic carboxylic acids is 1. The van der Waals surface area contributed by atoms with Crippen molar-refractivity contribution in [3.63, 3.8) is 0 Å². The third kappa shape index (κ3) is 35.3. The molecule has 0 aliphatic carbocycles. The van der Waals surface area contributed by atoms with Crippen molar-refractivity contribution in [3.8, 4) is 0 Å². The van der Waals surface area contributed by atoms with Gasteiger partial charge in [-0.2, -0.15) is 0 Å². The van der Waals surface area contributed by atoms with Crippen molar-refractivity contribution >= 4 is 23.8 Å². The monoisotopic (exact) mass is 743 g/mol. The van der Waals surface area contributed by atoms with Crippen molar-refractivity contribution in [1.29, 1.82) is 0 Å². The van der Waals surface area contributed by atoms with Gasteiger partial charge in [0, 0.05) is 12.8 Å². The molecule has 2 amide bonds. The molecule has 0 aliphatic heterocycles. The molecule has 0 radical (unpaired) electrons. The summed E-state index contributed by atoms with van der Waals surface area (Å²) in [6, 6.07) is -1.39. The highest BCUT2D eigenvalue weighted by Crippen LogP contribution is 2.17. The standard InChI is InChI=1S/C44H74N2O7/c1-3-5-7-9-11-13-15-17-18-20-22-25-29-33-39(53-43(50)36-32-28-23-21-19-16-14-12-10-8-6-4-2)34-30-26-24-27-31-35-41(48)45-37-42(49)46-40(38-47)44(51)52/h5,7,11-14,17-18,22,25,39-40,47H,3-4,6,8-10,15-16,19-21,23-24,26-38H2,1-2H3,(H,45,48)(H,46,49)(H,51,52)/b7-5-,13-11-,14-12-,18-17-,25-22-. The van der Waals surface area contributed by atoms with Crippen LogP contribution >= 0.6 is 0 Å². The number of carboxylic acids is 1. The summed E-state index contributed by atoms with van der Waals surface area (Å²) in [6.45, 7) is 3.32. The molecule has 9 nitrogen and oxygen atoms in total. The fourth-order valence-electron chi connectivity index (χ4n) is 5.58. The average molecular weight is 743 g/mol. The molecule has 0 aromatic carbocycles. The summed E-state index contributed by atoms with van der Waals surface area (Å²) in [5.41, 5.74) is 0. The second kappa shape index (κ2) is 38.3. The Balaban J connectivity index is 4.46. The summed E-state index contributed by atoms with van der Waals surface area (Å²) in [6.07, 6.45) is 45.3. The molecule has 2 atom stereocenters. The van der Waals surface area contributed by atoms with Gasteiger partial charge in [-0.15, -0.1) is 0 Å². The van der Waals surface area contributed by atoms with E-state index in [2.05, 4.69) is 85.2 Å². The van der Waals surface area contributed by atoms with Crippen molar-refractivity contribution in [1.82, 2.24) is 10.6 Å². The molecule has 0 saturated carbocycles. The topological polar surface area (TPSA) is 142 Å². The predicted octanol–water partition coefficient (Wildman–Crippen LogP) is 9.76. The molecule has 53 heavy (non-hydrogen) atoms. The maximum atomic E-state index is 12.7. The lowest BCUT2D eigenvalue weighted by Crippen LogP contribution is -2.47. The molecule has 0 spiro atoms. The van der Waals surface area contributed by atoms with E-state index >= 15 is 0 Å². The quantitative estimate of drug-likeness (QED) is 0.0284. The van der Waals surface area contributed by atoms with E-state index in [9.17, 15) is 19.2 Å². The van der Waals surface area contributed by atoms with Crippen LogP contribution in [0.15, 0.2) is 60.8 Å². The average Bonchev–Trinajstić information content (AvgIpc) is 3.14. The van der Waals surface area contributed by atoms with E-state index in [0.717, 1.165) is 96.3 Å². The predicted molar refractivity (Wildman–Crippen MR) is 217 cm³/mol. The van der Waals surface area contributed by atoms with Crippen LogP contribution in [0, 0.1) is 0 Å². The molecule has 0 heterocycles. The van der Waals surface area contributed by atoms with Crippen molar-refractivity contribution in [3.05, 3.63) is 60.8 Å². The molecule has 2 unspecified atom stereocenters. The van der Waals surface area contributed by atoms with Gasteiger partial charge in [0.15, 0.2) is 0 Å². The second-order valence-electron chi connectivity index (χ2n) is 13.7. The minimum atomic E-state index is -1.39. The van der Waals surface area contributed by atoms with Crippen LogP contribution in [0.25, 0.3) is 0 Å². The van der Waals surface area contributed by atoms with E-state index in [1.807, 2.05) is 0 Å². The number of nitrogens with one attached hydrogen (secondary N) is 2. The summed E-state index contributed by atoms with van der Waals surface area (Å²) in [5, 5.41) is 22.5. The minimum Gasteiger partial charge on any atom is -0.480 e. The minimum absolute atomic E-state index is 0.0929. The molecular formula is C44H74N2O7. The van der Waals surface area contributed by atoms with Gasteiger partial charge in [-0.25, -0.2) is 4.79 Å². The van der Waals surface area contributed by atoms with Crippen molar-refractivity contribution in [2.75, 3.05) is 13.2 Å². The summed E-state index contributed by atoms with van der Waals surface area (Å²) in [5.74, 6) is -2.37. The van der Waals surface area contributed by atoms with E-state index in [0.29, 0.717) is 12.8 Å². The zero-order valence-electron chi connectivity index (χ0n) is 33.2. The maximum Gasteiger partial charge on any atom is 0.328 e. The Bertz CT molecular complexity index is 1080. The summed E-state index contributed by atoms with van der Waals surface area (Å²) in [7, 11) is 0. The van der Waals surface area contributed by atoms with Gasteiger partial charge in [0.25, 0.3) is 0 Å². The first kappa shape index (κ1) is 49.5. The van der Waals surface area contributed by atoms with E-state index < -0.39 is 24.5 Å². The first-order chi connectivity index (χ1) is 25.8. The van der Waals surface area contributed by atoms with Crippen molar-refractivity contribution in [2.45, 2.75) is 180 Å². The molecular weight excluding hydrogens is 668 g/mol. The molecule has 0 aliphatic rings. The van der Waals surface area contributed by atoms with Gasteiger partial charge in [-0.1, -0.05) is 126 Å². The SMILES string of the molecule is CC/C=C\C/C=C\C/C=C\C/C=C\CCC(CCCCCCCC(=O)NCC(=O)NC(CO)C(=O)O)OC(=O)CCCCCCC/C=C\CCCCC. The second-order valence-corrected chi connectivity index (χ2v) is 13.7. The highest BCUT2D eigenvalue weighted by Gasteiger charge is 2.19. The van der Waals surface area contributed by atoms with Gasteiger partial charge in [0.2, 0.25) is 11.8 Å². The van der Waals surface area contributed by atoms with Crippen LogP contribution in [0.5, 0.6) is 0 Å². The number of carbonyl (C=O) groups excluding carboxylic acids is 3. The number of carboxylic acid groups (broad SMARTS) is 1. The lowest BCUT2D eigenvalue weighted by Gasteiger charge is -2.17. The Labute approximate surface area is 321 Å². The number of carbonyl (C=O) groups is 4. The molecule has 0 aromatic heterocycles. The highest BCUT2D eigenvalue weighted by molar-refractivity contribution is 5.87. The van der Waals surface area contributed by atoms with E-state index in [4.69, 9.17) is 14.9 Å². The van der Waals surface area contributed by atoms with E-state index in [-0.39, 0.29) is 30.9 Å². The van der Waals surface area contributed by atoms with Gasteiger partial charge < -0.3 is 25.6 Å². The number of allylic oxidation sites excluding steroid dienone is 10. The fraction of sp³-hybridized carbons (Fsp3) is 0.682. The number of unbranched alkanes of at least 4 members (excludes halogenated alkanes) is 12. The molecule has 9 heteroatoms. The molecule has 0 bridgehead atoms. The zero-order chi connectivity index (χ0) is 39.0. The van der Waals surface area contributed by atoms with Gasteiger partial charge in [-0.3, -0.25) is 14.4 Å². The van der Waals surface area contributed by atoms with E-state index in [1.165, 1.54) is 38.5 Å². The zero-order valence-corrected chi connectivity index (χ0v) is 33.2. The third-order valence-electron chi connectivity index (χ3n) is 8.76. The van der Waals surface area contributed by atoms with Gasteiger partial charge in [0.1, 0.15) is 12.1 Å². The summed E-state index contributed by atoms with van der Waals surface area (Å²) >= 11 is 0. The number of esters is 1. The lowest BCUT2D eigenvalue weighted by molar-refractivity contribution is -0.150. The molecule has 0 saturated heterocycles. The summed E-state index contributed by atoms with van der Waals surface area (Å²) in [4.78, 5) is 47.5. The van der Waals surface area contributed by atoms with Crippen LogP contribution in [0.2, 0.25) is 0 Å². The number of hydrogen-bond acceptors (Lipinski definition) is 6. The van der Waals surface area contributed by atoms with E-state index in [1.54, 1.807) is 0 Å². The van der Waals surface area contributed by atoms with Crippen LogP contribution in [0.3, 0.4) is 0 Å². The van der Waals surface area contributed by atoms with Gasteiger partial charge >= 0.3 is 11.9 Å². The lowest BCUT2D eigenvalue weighted by atomic mass is 10.0. The van der Waals surface area contributed by atoms with Crippen molar-refractivity contribution in [2.24, 2.45) is 0 Å².